The molecular weight excluding hydrogens is 510 g/mol. The number of carbonyl (C=O) groups is 1. The summed E-state index contributed by atoms with van der Waals surface area (Å²) in [5.74, 6) is 0.109. The molecule has 1 amide bonds. The molecule has 1 fully saturated rings. The second-order valence-electron chi connectivity index (χ2n) is 8.77. The number of rotatable bonds is 4. The summed E-state index contributed by atoms with van der Waals surface area (Å²) in [6.07, 6.45) is 6.46. The highest BCUT2D eigenvalue weighted by molar-refractivity contribution is 6.36. The van der Waals surface area contributed by atoms with Crippen molar-refractivity contribution in [3.05, 3.63) is 110 Å². The Morgan fingerprint density at radius 3 is 2.00 bits per heavy atom. The first-order chi connectivity index (χ1) is 16.4. The van der Waals surface area contributed by atoms with E-state index in [0.717, 1.165) is 36.1 Å². The zero-order valence-corrected chi connectivity index (χ0v) is 21.2. The maximum atomic E-state index is 13.9. The molecule has 0 bridgehead atoms. The van der Waals surface area contributed by atoms with Crippen molar-refractivity contribution in [2.24, 2.45) is 0 Å². The lowest BCUT2D eigenvalue weighted by Gasteiger charge is -2.46. The van der Waals surface area contributed by atoms with E-state index in [1.165, 1.54) is 0 Å². The van der Waals surface area contributed by atoms with Gasteiger partial charge in [0.15, 0.2) is 0 Å². The highest BCUT2D eigenvalue weighted by Crippen LogP contribution is 2.47. The molecular formula is C27H22Cl4N2O. The van der Waals surface area contributed by atoms with Gasteiger partial charge in [0, 0.05) is 27.5 Å². The topological polar surface area (TPSA) is 23.6 Å². The van der Waals surface area contributed by atoms with Crippen molar-refractivity contribution in [1.29, 1.82) is 0 Å². The van der Waals surface area contributed by atoms with Gasteiger partial charge in [-0.3, -0.25) is 4.79 Å². The Morgan fingerprint density at radius 2 is 1.41 bits per heavy atom. The first-order valence-electron chi connectivity index (χ1n) is 11.1. The minimum atomic E-state index is -0.514. The second kappa shape index (κ2) is 9.47. The van der Waals surface area contributed by atoms with Crippen molar-refractivity contribution in [2.45, 2.75) is 30.7 Å². The van der Waals surface area contributed by atoms with Gasteiger partial charge in [-0.2, -0.15) is 0 Å². The fraction of sp³-hybridized carbons (Fsp3) is 0.222. The van der Waals surface area contributed by atoms with E-state index in [0.29, 0.717) is 26.6 Å². The van der Waals surface area contributed by atoms with Crippen LogP contribution in [0.25, 0.3) is 0 Å². The number of nitrogens with zero attached hydrogens (tertiary/aromatic N) is 2. The lowest BCUT2D eigenvalue weighted by atomic mass is 9.63. The minimum Gasteiger partial charge on any atom is -0.336 e. The molecule has 5 rings (SSSR count). The predicted molar refractivity (Wildman–Crippen MR) is 141 cm³/mol. The summed E-state index contributed by atoms with van der Waals surface area (Å²) in [6, 6.07) is 20.7. The van der Waals surface area contributed by atoms with Gasteiger partial charge in [-0.25, -0.2) is 0 Å². The zero-order chi connectivity index (χ0) is 23.9. The molecule has 1 aliphatic heterocycles. The summed E-state index contributed by atoms with van der Waals surface area (Å²) in [4.78, 5) is 17.9. The highest BCUT2D eigenvalue weighted by Gasteiger charge is 2.48. The number of benzene rings is 3. The Hall–Kier alpha value is -2.17. The smallest absolute Gasteiger partial charge is 0.237 e. The molecule has 34 heavy (non-hydrogen) atoms. The third kappa shape index (κ3) is 4.31. The standard InChI is InChI=1S/C27H22Cl4N2O/c28-20-6-2-18(3-7-20)25-17-32(14-15-33(25)24-11-10-22(30)16-23(24)31)26(34)27(12-1-13-27)19-4-8-21(29)9-5-19/h2-11,14-16,25H,1,12-13,17H2. The van der Waals surface area contributed by atoms with Crippen molar-refractivity contribution in [1.82, 2.24) is 4.90 Å². The van der Waals surface area contributed by atoms with Crippen LogP contribution in [0.5, 0.6) is 0 Å². The van der Waals surface area contributed by atoms with Crippen molar-refractivity contribution in [3.63, 3.8) is 0 Å². The number of amides is 1. The fourth-order valence-electron chi connectivity index (χ4n) is 4.83. The van der Waals surface area contributed by atoms with Crippen LogP contribution in [0.15, 0.2) is 79.1 Å². The number of anilines is 1. The van der Waals surface area contributed by atoms with Crippen LogP contribution in [-0.4, -0.2) is 17.4 Å². The Morgan fingerprint density at radius 1 is 0.794 bits per heavy atom. The van der Waals surface area contributed by atoms with Crippen LogP contribution in [0.3, 0.4) is 0 Å². The Labute approximate surface area is 219 Å². The Kier molecular flexibility index (Phi) is 6.56. The number of hydrogen-bond donors (Lipinski definition) is 0. The molecule has 0 spiro atoms. The first-order valence-corrected chi connectivity index (χ1v) is 12.6. The molecule has 0 aromatic heterocycles. The summed E-state index contributed by atoms with van der Waals surface area (Å²) in [5.41, 5.74) is 2.37. The highest BCUT2D eigenvalue weighted by atomic mass is 35.5. The molecule has 1 atom stereocenters. The Bertz CT molecular complexity index is 1240. The molecule has 3 aromatic rings. The van der Waals surface area contributed by atoms with Gasteiger partial charge in [-0.05, 0) is 66.4 Å². The van der Waals surface area contributed by atoms with Gasteiger partial charge in [0.1, 0.15) is 0 Å². The van der Waals surface area contributed by atoms with E-state index in [1.807, 2.05) is 78.0 Å². The van der Waals surface area contributed by atoms with E-state index in [1.54, 1.807) is 6.07 Å². The van der Waals surface area contributed by atoms with Crippen LogP contribution in [0, 0.1) is 0 Å². The minimum absolute atomic E-state index is 0.109. The van der Waals surface area contributed by atoms with E-state index < -0.39 is 5.41 Å². The summed E-state index contributed by atoms with van der Waals surface area (Å²) >= 11 is 25.0. The largest absolute Gasteiger partial charge is 0.336 e. The van der Waals surface area contributed by atoms with E-state index in [2.05, 4.69) is 4.90 Å². The molecule has 3 nitrogen and oxygen atoms in total. The molecule has 0 saturated heterocycles. The van der Waals surface area contributed by atoms with Gasteiger partial charge in [0.2, 0.25) is 5.91 Å². The van der Waals surface area contributed by atoms with Crippen molar-refractivity contribution < 1.29 is 4.79 Å². The third-order valence-electron chi connectivity index (χ3n) is 6.83. The molecule has 1 aliphatic carbocycles. The molecule has 3 aromatic carbocycles. The van der Waals surface area contributed by atoms with Gasteiger partial charge < -0.3 is 9.80 Å². The average molecular weight is 532 g/mol. The predicted octanol–water partition coefficient (Wildman–Crippen LogP) is 8.28. The van der Waals surface area contributed by atoms with E-state index in [9.17, 15) is 4.79 Å². The van der Waals surface area contributed by atoms with Crippen LogP contribution in [0.1, 0.15) is 36.4 Å². The zero-order valence-electron chi connectivity index (χ0n) is 18.2. The lowest BCUT2D eigenvalue weighted by Crippen LogP contribution is -2.52. The fourth-order valence-corrected chi connectivity index (χ4v) is 5.59. The normalized spacial score (nSPS) is 19.1. The molecule has 0 radical (unpaired) electrons. The van der Waals surface area contributed by atoms with Gasteiger partial charge >= 0.3 is 0 Å². The van der Waals surface area contributed by atoms with Gasteiger partial charge in [0.25, 0.3) is 0 Å². The summed E-state index contributed by atoms with van der Waals surface area (Å²) < 4.78 is 0. The van der Waals surface area contributed by atoms with E-state index >= 15 is 0 Å². The Balaban J connectivity index is 1.52. The molecule has 1 unspecified atom stereocenters. The maximum absolute atomic E-state index is 13.9. The molecule has 2 aliphatic rings. The molecule has 1 heterocycles. The van der Waals surface area contributed by atoms with Crippen LogP contribution in [0.4, 0.5) is 5.69 Å². The summed E-state index contributed by atoms with van der Waals surface area (Å²) in [5, 5.41) is 2.45. The van der Waals surface area contributed by atoms with Crippen LogP contribution in [-0.2, 0) is 10.2 Å². The maximum Gasteiger partial charge on any atom is 0.237 e. The number of hydrogen-bond acceptors (Lipinski definition) is 2. The average Bonchev–Trinajstić information content (AvgIpc) is 2.80. The summed E-state index contributed by atoms with van der Waals surface area (Å²) in [6.45, 7) is 0.477. The molecule has 7 heteroatoms. The number of carbonyl (C=O) groups excluding carboxylic acids is 1. The molecule has 1 saturated carbocycles. The monoisotopic (exact) mass is 530 g/mol. The lowest BCUT2D eigenvalue weighted by molar-refractivity contribution is -0.138. The quantitative estimate of drug-likeness (QED) is 0.338. The van der Waals surface area contributed by atoms with Gasteiger partial charge in [0.05, 0.1) is 28.7 Å². The molecule has 174 valence electrons. The van der Waals surface area contributed by atoms with Crippen LogP contribution >= 0.6 is 46.4 Å². The van der Waals surface area contributed by atoms with Gasteiger partial charge in [-0.15, -0.1) is 0 Å². The van der Waals surface area contributed by atoms with Gasteiger partial charge in [-0.1, -0.05) is 77.1 Å². The second-order valence-corrected chi connectivity index (χ2v) is 10.5. The summed E-state index contributed by atoms with van der Waals surface area (Å²) in [7, 11) is 0. The van der Waals surface area contributed by atoms with Crippen molar-refractivity contribution in [3.8, 4) is 0 Å². The van der Waals surface area contributed by atoms with Crippen LogP contribution < -0.4 is 4.90 Å². The SMILES string of the molecule is O=C(N1C=CN(c2ccc(Cl)cc2Cl)C(c2ccc(Cl)cc2)C1)C1(c2ccc(Cl)cc2)CCC1. The van der Waals surface area contributed by atoms with Crippen molar-refractivity contribution in [2.75, 3.05) is 11.4 Å². The molecule has 0 N–H and O–H groups in total. The van der Waals surface area contributed by atoms with E-state index in [4.69, 9.17) is 46.4 Å². The van der Waals surface area contributed by atoms with Crippen molar-refractivity contribution >= 4 is 58.0 Å². The van der Waals surface area contributed by atoms with E-state index in [-0.39, 0.29) is 11.9 Å². The van der Waals surface area contributed by atoms with Crippen LogP contribution in [0.2, 0.25) is 20.1 Å². The third-order valence-corrected chi connectivity index (χ3v) is 7.87. The first kappa shape index (κ1) is 23.6. The number of halogens is 4.